The summed E-state index contributed by atoms with van der Waals surface area (Å²) in [6, 6.07) is 2.00. The molecule has 2 unspecified atom stereocenters. The number of piperidine rings is 1. The van der Waals surface area contributed by atoms with Crippen LogP contribution in [0.3, 0.4) is 0 Å². The summed E-state index contributed by atoms with van der Waals surface area (Å²) >= 11 is 0. The van der Waals surface area contributed by atoms with Crippen molar-refractivity contribution < 1.29 is 4.79 Å². The molecule has 0 bridgehead atoms. The van der Waals surface area contributed by atoms with Crippen molar-refractivity contribution in [2.24, 2.45) is 11.8 Å². The molecule has 0 spiro atoms. The van der Waals surface area contributed by atoms with E-state index in [4.69, 9.17) is 5.26 Å². The van der Waals surface area contributed by atoms with Gasteiger partial charge in [-0.05, 0) is 39.0 Å². The van der Waals surface area contributed by atoms with E-state index in [-0.39, 0.29) is 29.1 Å². The normalized spacial score (nSPS) is 20.6. The molecule has 8 nitrogen and oxygen atoms in total. The maximum Gasteiger partial charge on any atom is 0.276 e. The van der Waals surface area contributed by atoms with Gasteiger partial charge in [-0.25, -0.2) is 9.50 Å². The van der Waals surface area contributed by atoms with Gasteiger partial charge in [0.2, 0.25) is 5.91 Å². The maximum atomic E-state index is 12.7. The highest BCUT2D eigenvalue weighted by atomic mass is 16.2. The number of hydrogen-bond donors (Lipinski definition) is 2. The summed E-state index contributed by atoms with van der Waals surface area (Å²) in [6.07, 6.45) is 2.64. The fourth-order valence-corrected chi connectivity index (χ4v) is 4.25. The monoisotopic (exact) mass is 398 g/mol. The van der Waals surface area contributed by atoms with Crippen LogP contribution in [0.2, 0.25) is 0 Å². The van der Waals surface area contributed by atoms with Crippen LogP contribution < -0.4 is 10.9 Å². The van der Waals surface area contributed by atoms with Gasteiger partial charge in [0.1, 0.15) is 11.6 Å². The van der Waals surface area contributed by atoms with Crippen LogP contribution in [0.4, 0.5) is 0 Å². The van der Waals surface area contributed by atoms with Crippen molar-refractivity contribution in [3.63, 3.8) is 0 Å². The van der Waals surface area contributed by atoms with Crippen LogP contribution in [0.25, 0.3) is 5.65 Å². The molecule has 1 aliphatic rings. The second-order valence-corrected chi connectivity index (χ2v) is 9.06. The van der Waals surface area contributed by atoms with E-state index in [0.717, 1.165) is 13.1 Å². The number of hydrogen-bond acceptors (Lipinski definition) is 5. The average molecular weight is 399 g/mol. The van der Waals surface area contributed by atoms with Crippen LogP contribution >= 0.6 is 0 Å². The Morgan fingerprint density at radius 1 is 1.38 bits per heavy atom. The first-order chi connectivity index (χ1) is 13.6. The molecular formula is C21H30N6O2. The summed E-state index contributed by atoms with van der Waals surface area (Å²) in [6.45, 7) is 13.1. The van der Waals surface area contributed by atoms with Crippen LogP contribution in [0.15, 0.2) is 11.0 Å². The molecule has 3 heterocycles. The van der Waals surface area contributed by atoms with Crippen LogP contribution in [-0.2, 0) is 11.2 Å². The Hall–Kier alpha value is -2.66. The Bertz CT molecular complexity index is 1000. The number of likely N-dealkylation sites (tertiary alicyclic amines) is 1. The summed E-state index contributed by atoms with van der Waals surface area (Å²) in [5, 5.41) is 14.8. The fourth-order valence-electron chi connectivity index (χ4n) is 4.25. The first kappa shape index (κ1) is 21.1. The van der Waals surface area contributed by atoms with Crippen molar-refractivity contribution in [1.82, 2.24) is 24.8 Å². The Morgan fingerprint density at radius 2 is 2.03 bits per heavy atom. The number of rotatable bonds is 5. The van der Waals surface area contributed by atoms with Gasteiger partial charge in [0, 0.05) is 42.6 Å². The van der Waals surface area contributed by atoms with Gasteiger partial charge in [-0.1, -0.05) is 13.8 Å². The molecule has 0 aliphatic carbocycles. The van der Waals surface area contributed by atoms with Crippen molar-refractivity contribution in [2.75, 3.05) is 19.6 Å². The summed E-state index contributed by atoms with van der Waals surface area (Å²) in [7, 11) is 0. The SMILES string of the molecule is Cc1nc2c(C#N)c[nH]n2c(=O)c1CC(=O)NCC(C)(C)N1CC(C)CC(C)C1. The molecule has 2 N–H and O–H groups in total. The molecule has 0 aromatic carbocycles. The number of nitriles is 1. The number of fused-ring (bicyclic) bond motifs is 1. The minimum Gasteiger partial charge on any atom is -0.354 e. The zero-order chi connectivity index (χ0) is 21.3. The number of H-pyrrole nitrogens is 1. The van der Waals surface area contributed by atoms with E-state index >= 15 is 0 Å². The van der Waals surface area contributed by atoms with E-state index in [0.29, 0.717) is 35.2 Å². The molecule has 3 rings (SSSR count). The molecule has 29 heavy (non-hydrogen) atoms. The van der Waals surface area contributed by atoms with Gasteiger partial charge in [0.05, 0.1) is 6.42 Å². The second-order valence-electron chi connectivity index (χ2n) is 9.06. The number of amides is 1. The standard InChI is InChI=1S/C21H30N6O2/c1-13-6-14(2)11-26(10-13)21(4,5)12-23-18(28)7-17-15(3)25-19-16(8-22)9-24-27(19)20(17)29/h9,13-14,24H,6-7,10-12H2,1-5H3,(H,23,28). The molecule has 1 fully saturated rings. The van der Waals surface area contributed by atoms with E-state index in [9.17, 15) is 9.59 Å². The van der Waals surface area contributed by atoms with Crippen LogP contribution in [0.1, 0.15) is 50.9 Å². The lowest BCUT2D eigenvalue weighted by atomic mass is 9.88. The number of carbonyl (C=O) groups excluding carboxylic acids is 1. The summed E-state index contributed by atoms with van der Waals surface area (Å²) in [4.78, 5) is 32.1. The molecule has 156 valence electrons. The molecule has 2 aromatic heterocycles. The number of carbonyl (C=O) groups is 1. The zero-order valence-corrected chi connectivity index (χ0v) is 17.9. The van der Waals surface area contributed by atoms with Gasteiger partial charge >= 0.3 is 0 Å². The Morgan fingerprint density at radius 3 is 2.66 bits per heavy atom. The summed E-state index contributed by atoms with van der Waals surface area (Å²) < 4.78 is 1.22. The molecule has 1 amide bonds. The van der Waals surface area contributed by atoms with Gasteiger partial charge in [-0.3, -0.25) is 19.6 Å². The Kier molecular flexibility index (Phi) is 5.80. The van der Waals surface area contributed by atoms with Crippen molar-refractivity contribution in [1.29, 1.82) is 5.26 Å². The summed E-state index contributed by atoms with van der Waals surface area (Å²) in [5.41, 5.74) is 0.888. The highest BCUT2D eigenvalue weighted by Crippen LogP contribution is 2.26. The second kappa shape index (κ2) is 7.99. The molecule has 0 radical (unpaired) electrons. The third-order valence-corrected chi connectivity index (χ3v) is 5.86. The van der Waals surface area contributed by atoms with Gasteiger partial charge < -0.3 is 5.32 Å². The number of aromatic nitrogens is 3. The first-order valence-corrected chi connectivity index (χ1v) is 10.1. The van der Waals surface area contributed by atoms with Gasteiger partial charge in [-0.15, -0.1) is 0 Å². The molecule has 0 saturated carbocycles. The van der Waals surface area contributed by atoms with Gasteiger partial charge in [-0.2, -0.15) is 5.26 Å². The van der Waals surface area contributed by atoms with Crippen molar-refractivity contribution in [2.45, 2.75) is 53.0 Å². The van der Waals surface area contributed by atoms with Crippen LogP contribution in [-0.4, -0.2) is 50.6 Å². The smallest absolute Gasteiger partial charge is 0.276 e. The predicted octanol–water partition coefficient (Wildman–Crippen LogP) is 1.62. The third-order valence-electron chi connectivity index (χ3n) is 5.86. The lowest BCUT2D eigenvalue weighted by molar-refractivity contribution is -0.121. The van der Waals surface area contributed by atoms with Gasteiger partial charge in [0.15, 0.2) is 5.65 Å². The molecule has 2 aromatic rings. The maximum absolute atomic E-state index is 12.7. The van der Waals surface area contributed by atoms with E-state index in [1.165, 1.54) is 17.1 Å². The average Bonchev–Trinajstić information content (AvgIpc) is 3.05. The van der Waals surface area contributed by atoms with E-state index < -0.39 is 0 Å². The molecule has 1 saturated heterocycles. The Labute approximate surface area is 170 Å². The Balaban J connectivity index is 1.70. The molecular weight excluding hydrogens is 368 g/mol. The topological polar surface area (TPSA) is 106 Å². The van der Waals surface area contributed by atoms with E-state index in [1.54, 1.807) is 6.92 Å². The minimum absolute atomic E-state index is 0.0373. The summed E-state index contributed by atoms with van der Waals surface area (Å²) in [5.74, 6) is 1.09. The number of aryl methyl sites for hydroxylation is 1. The third kappa shape index (κ3) is 4.35. The van der Waals surface area contributed by atoms with Crippen molar-refractivity contribution in [3.8, 4) is 6.07 Å². The van der Waals surface area contributed by atoms with E-state index in [1.807, 2.05) is 6.07 Å². The largest absolute Gasteiger partial charge is 0.354 e. The van der Waals surface area contributed by atoms with E-state index in [2.05, 4.69) is 48.0 Å². The molecule has 2 atom stereocenters. The number of nitrogens with one attached hydrogen (secondary N) is 2. The van der Waals surface area contributed by atoms with Gasteiger partial charge in [0.25, 0.3) is 5.56 Å². The fraction of sp³-hybridized carbons (Fsp3) is 0.619. The van der Waals surface area contributed by atoms with Crippen LogP contribution in [0.5, 0.6) is 0 Å². The molecule has 1 aliphatic heterocycles. The number of nitrogens with zero attached hydrogens (tertiary/aromatic N) is 4. The van der Waals surface area contributed by atoms with Crippen LogP contribution in [0, 0.1) is 30.1 Å². The zero-order valence-electron chi connectivity index (χ0n) is 17.9. The lowest BCUT2D eigenvalue weighted by Crippen LogP contribution is -2.56. The number of aromatic amines is 1. The first-order valence-electron chi connectivity index (χ1n) is 10.1. The quantitative estimate of drug-likeness (QED) is 0.796. The predicted molar refractivity (Wildman–Crippen MR) is 111 cm³/mol. The van der Waals surface area contributed by atoms with Crippen molar-refractivity contribution >= 4 is 11.6 Å². The molecule has 8 heteroatoms. The minimum atomic E-state index is -0.345. The highest BCUT2D eigenvalue weighted by molar-refractivity contribution is 5.79. The van der Waals surface area contributed by atoms with Crippen molar-refractivity contribution in [3.05, 3.63) is 33.4 Å². The highest BCUT2D eigenvalue weighted by Gasteiger charge is 2.33. The lowest BCUT2D eigenvalue weighted by Gasteiger charge is -2.45.